The van der Waals surface area contributed by atoms with E-state index in [1.165, 1.54) is 11.0 Å². The number of sulfone groups is 1. The van der Waals surface area contributed by atoms with Crippen LogP contribution in [0.25, 0.3) is 0 Å². The minimum atomic E-state index is -3.54. The van der Waals surface area contributed by atoms with E-state index in [0.29, 0.717) is 24.1 Å². The van der Waals surface area contributed by atoms with Crippen LogP contribution in [0.3, 0.4) is 0 Å². The second kappa shape index (κ2) is 12.1. The predicted molar refractivity (Wildman–Crippen MR) is 151 cm³/mol. The molecule has 0 radical (unpaired) electrons. The van der Waals surface area contributed by atoms with Crippen molar-refractivity contribution in [3.63, 3.8) is 0 Å². The summed E-state index contributed by atoms with van der Waals surface area (Å²) in [5, 5.41) is 2.29. The van der Waals surface area contributed by atoms with Crippen LogP contribution in [0.5, 0.6) is 0 Å². The molecule has 1 aliphatic carbocycles. The molecule has 0 saturated heterocycles. The summed E-state index contributed by atoms with van der Waals surface area (Å²) in [6, 6.07) is 10.6. The first kappa shape index (κ1) is 30.0. The van der Waals surface area contributed by atoms with E-state index >= 15 is 0 Å². The van der Waals surface area contributed by atoms with E-state index in [2.05, 4.69) is 21.2 Å². The lowest BCUT2D eigenvalue weighted by atomic mass is 9.93. The maximum atomic E-state index is 13.1. The Labute approximate surface area is 234 Å². The standard InChI is InChI=1S/C28H37BrN2O6S/c1-7-19(24-12-8-21(29)14-18(24)2)17-36-26(32)30-22-9-13-25(38(34,35)23-10-11-23)20(15-22)16-31(6)27(33)37-28(3,4)5/h8-9,12-15,19,23H,7,10-11,16-17H2,1-6H3,(H,30,32)/t19-/m0/s1. The molecule has 2 amide bonds. The molecule has 0 heterocycles. The highest BCUT2D eigenvalue weighted by atomic mass is 79.9. The monoisotopic (exact) mass is 608 g/mol. The van der Waals surface area contributed by atoms with Crippen LogP contribution in [-0.4, -0.2) is 50.0 Å². The Morgan fingerprint density at radius 1 is 1.16 bits per heavy atom. The van der Waals surface area contributed by atoms with Crippen molar-refractivity contribution < 1.29 is 27.5 Å². The topological polar surface area (TPSA) is 102 Å². The Hall–Kier alpha value is -2.59. The number of rotatable bonds is 9. The van der Waals surface area contributed by atoms with Gasteiger partial charge in [-0.05, 0) is 94.0 Å². The Kier molecular flexibility index (Phi) is 9.52. The molecule has 0 aromatic heterocycles. The molecule has 3 rings (SSSR count). The zero-order valence-electron chi connectivity index (χ0n) is 22.8. The summed E-state index contributed by atoms with van der Waals surface area (Å²) in [5.41, 5.74) is 2.32. The SMILES string of the molecule is CC[C@@H](COC(=O)Nc1ccc(S(=O)(=O)C2CC2)c(CN(C)C(=O)OC(C)(C)C)c1)c1ccc(Br)cc1C. The zero-order chi connectivity index (χ0) is 28.3. The smallest absolute Gasteiger partial charge is 0.411 e. The van der Waals surface area contributed by atoms with Crippen LogP contribution in [-0.2, 0) is 25.9 Å². The van der Waals surface area contributed by atoms with E-state index in [1.807, 2.05) is 32.0 Å². The van der Waals surface area contributed by atoms with Crippen molar-refractivity contribution in [2.45, 2.75) is 82.1 Å². The minimum absolute atomic E-state index is 0.00150. The first-order valence-corrected chi connectivity index (χ1v) is 15.1. The molecule has 0 spiro atoms. The van der Waals surface area contributed by atoms with Gasteiger partial charge in [-0.2, -0.15) is 0 Å². The van der Waals surface area contributed by atoms with Crippen LogP contribution in [0.2, 0.25) is 0 Å². The lowest BCUT2D eigenvalue weighted by Gasteiger charge is -2.25. The molecule has 1 aliphatic rings. The van der Waals surface area contributed by atoms with Crippen molar-refractivity contribution in [1.82, 2.24) is 4.90 Å². The number of halogens is 1. The molecule has 10 heteroatoms. The summed E-state index contributed by atoms with van der Waals surface area (Å²) in [4.78, 5) is 26.7. The molecular formula is C28H37BrN2O6S. The van der Waals surface area contributed by atoms with Crippen LogP contribution < -0.4 is 5.32 Å². The van der Waals surface area contributed by atoms with E-state index in [4.69, 9.17) is 9.47 Å². The summed E-state index contributed by atoms with van der Waals surface area (Å²) in [6.45, 7) is 9.56. The van der Waals surface area contributed by atoms with Gasteiger partial charge in [0.05, 0.1) is 16.7 Å². The third kappa shape index (κ3) is 7.96. The zero-order valence-corrected chi connectivity index (χ0v) is 25.2. The molecule has 2 aromatic carbocycles. The van der Waals surface area contributed by atoms with E-state index in [-0.39, 0.29) is 24.0 Å². The van der Waals surface area contributed by atoms with Crippen LogP contribution in [0.15, 0.2) is 45.8 Å². The van der Waals surface area contributed by atoms with Crippen LogP contribution in [0, 0.1) is 6.92 Å². The van der Waals surface area contributed by atoms with Gasteiger partial charge in [0.25, 0.3) is 0 Å². The van der Waals surface area contributed by atoms with Gasteiger partial charge in [-0.15, -0.1) is 0 Å². The number of amides is 2. The van der Waals surface area contributed by atoms with Crippen molar-refractivity contribution >= 4 is 43.6 Å². The molecule has 8 nitrogen and oxygen atoms in total. The molecule has 208 valence electrons. The van der Waals surface area contributed by atoms with Gasteiger partial charge in [0.2, 0.25) is 0 Å². The predicted octanol–water partition coefficient (Wildman–Crippen LogP) is 6.80. The summed E-state index contributed by atoms with van der Waals surface area (Å²) < 4.78 is 38.1. The number of aryl methyl sites for hydroxylation is 1. The van der Waals surface area contributed by atoms with Crippen molar-refractivity contribution in [2.75, 3.05) is 19.0 Å². The van der Waals surface area contributed by atoms with Crippen LogP contribution in [0.1, 0.15) is 69.6 Å². The number of carbonyl (C=O) groups excluding carboxylic acids is 2. The average Bonchev–Trinajstić information content (AvgIpc) is 3.65. The van der Waals surface area contributed by atoms with Gasteiger partial charge in [-0.3, -0.25) is 5.32 Å². The molecule has 1 saturated carbocycles. The number of carbonyl (C=O) groups is 2. The number of nitrogens with zero attached hydrogens (tertiary/aromatic N) is 1. The highest BCUT2D eigenvalue weighted by Gasteiger charge is 2.38. The third-order valence-electron chi connectivity index (χ3n) is 6.27. The Bertz CT molecular complexity index is 1280. The van der Waals surface area contributed by atoms with Gasteiger partial charge in [0.15, 0.2) is 9.84 Å². The molecule has 1 N–H and O–H groups in total. The Morgan fingerprint density at radius 2 is 1.84 bits per heavy atom. The Morgan fingerprint density at radius 3 is 2.42 bits per heavy atom. The number of ether oxygens (including phenoxy) is 2. The molecule has 2 aromatic rings. The average molecular weight is 610 g/mol. The maximum Gasteiger partial charge on any atom is 0.411 e. The fourth-order valence-corrected chi connectivity index (χ4v) is 6.47. The number of hydrogen-bond donors (Lipinski definition) is 1. The summed E-state index contributed by atoms with van der Waals surface area (Å²) in [5.74, 6) is 0.0398. The van der Waals surface area contributed by atoms with Gasteiger partial charge in [0.1, 0.15) is 12.2 Å². The molecule has 0 aliphatic heterocycles. The highest BCUT2D eigenvalue weighted by molar-refractivity contribution is 9.10. The van der Waals surface area contributed by atoms with Crippen molar-refractivity contribution in [3.05, 3.63) is 57.6 Å². The number of nitrogens with one attached hydrogen (secondary N) is 1. The first-order valence-electron chi connectivity index (χ1n) is 12.7. The van der Waals surface area contributed by atoms with Crippen molar-refractivity contribution in [1.29, 1.82) is 0 Å². The fourth-order valence-electron chi connectivity index (χ4n) is 4.13. The van der Waals surface area contributed by atoms with Crippen LogP contribution >= 0.6 is 15.9 Å². The minimum Gasteiger partial charge on any atom is -0.449 e. The maximum absolute atomic E-state index is 13.1. The molecule has 0 bridgehead atoms. The first-order chi connectivity index (χ1) is 17.7. The lowest BCUT2D eigenvalue weighted by molar-refractivity contribution is 0.0283. The van der Waals surface area contributed by atoms with Gasteiger partial charge in [-0.25, -0.2) is 18.0 Å². The molecule has 1 atom stereocenters. The molecule has 0 unspecified atom stereocenters. The van der Waals surface area contributed by atoms with Crippen molar-refractivity contribution in [2.24, 2.45) is 0 Å². The largest absolute Gasteiger partial charge is 0.449 e. The summed E-state index contributed by atoms with van der Waals surface area (Å²) in [6.07, 6.45) is 0.824. The number of hydrogen-bond acceptors (Lipinski definition) is 6. The second-order valence-electron chi connectivity index (χ2n) is 10.7. The lowest BCUT2D eigenvalue weighted by Crippen LogP contribution is -2.34. The van der Waals surface area contributed by atoms with Gasteiger partial charge < -0.3 is 14.4 Å². The fraction of sp³-hybridized carbons (Fsp3) is 0.500. The van der Waals surface area contributed by atoms with E-state index in [0.717, 1.165) is 22.0 Å². The quantitative estimate of drug-likeness (QED) is 0.336. The second-order valence-corrected chi connectivity index (χ2v) is 13.8. The van der Waals surface area contributed by atoms with Crippen LogP contribution in [0.4, 0.5) is 15.3 Å². The van der Waals surface area contributed by atoms with Gasteiger partial charge in [0, 0.05) is 23.1 Å². The Balaban J connectivity index is 1.75. The van der Waals surface area contributed by atoms with E-state index in [1.54, 1.807) is 40.0 Å². The van der Waals surface area contributed by atoms with Crippen molar-refractivity contribution in [3.8, 4) is 0 Å². The van der Waals surface area contributed by atoms with Gasteiger partial charge >= 0.3 is 12.2 Å². The molecule has 38 heavy (non-hydrogen) atoms. The number of benzene rings is 2. The van der Waals surface area contributed by atoms with E-state index < -0.39 is 32.9 Å². The summed E-state index contributed by atoms with van der Waals surface area (Å²) >= 11 is 3.47. The summed E-state index contributed by atoms with van der Waals surface area (Å²) in [7, 11) is -1.99. The van der Waals surface area contributed by atoms with Gasteiger partial charge in [-0.1, -0.05) is 28.9 Å². The molecular weight excluding hydrogens is 572 g/mol. The normalized spacial score (nSPS) is 14.5. The van der Waals surface area contributed by atoms with E-state index in [9.17, 15) is 18.0 Å². The number of anilines is 1. The third-order valence-corrected chi connectivity index (χ3v) is 9.12. The molecule has 1 fully saturated rings. The highest BCUT2D eigenvalue weighted by Crippen LogP contribution is 2.36.